The third kappa shape index (κ3) is 2.64. The third-order valence-electron chi connectivity index (χ3n) is 3.89. The van der Waals surface area contributed by atoms with Crippen molar-refractivity contribution in [3.05, 3.63) is 27.7 Å². The van der Waals surface area contributed by atoms with E-state index >= 15 is 0 Å². The van der Waals surface area contributed by atoms with Crippen LogP contribution in [0.3, 0.4) is 0 Å². The van der Waals surface area contributed by atoms with Crippen molar-refractivity contribution in [3.8, 4) is 5.75 Å². The first-order valence-corrected chi connectivity index (χ1v) is 7.83. The lowest BCUT2D eigenvalue weighted by Crippen LogP contribution is -2.38. The van der Waals surface area contributed by atoms with E-state index in [0.29, 0.717) is 4.99 Å². The van der Waals surface area contributed by atoms with Crippen LogP contribution in [0.15, 0.2) is 16.6 Å². The van der Waals surface area contributed by atoms with Crippen LogP contribution in [-0.2, 0) is 13.0 Å². The van der Waals surface area contributed by atoms with Crippen molar-refractivity contribution in [2.75, 3.05) is 13.2 Å². The van der Waals surface area contributed by atoms with E-state index in [1.807, 2.05) is 0 Å². The zero-order chi connectivity index (χ0) is 13.4. The van der Waals surface area contributed by atoms with E-state index in [-0.39, 0.29) is 6.04 Å². The number of benzene rings is 1. The summed E-state index contributed by atoms with van der Waals surface area (Å²) < 4.78 is 6.90. The molecule has 0 radical (unpaired) electrons. The summed E-state index contributed by atoms with van der Waals surface area (Å²) >= 11 is 8.75. The molecule has 2 heterocycles. The van der Waals surface area contributed by atoms with Crippen molar-refractivity contribution in [1.82, 2.24) is 4.90 Å². The van der Waals surface area contributed by atoms with Crippen LogP contribution in [0.5, 0.6) is 5.75 Å². The minimum atomic E-state index is 0.242. The smallest absolute Gasteiger partial charge is 0.127 e. The van der Waals surface area contributed by atoms with Crippen molar-refractivity contribution in [2.24, 2.45) is 5.73 Å². The second kappa shape index (κ2) is 5.38. The van der Waals surface area contributed by atoms with Gasteiger partial charge in [0.05, 0.1) is 17.6 Å². The molecule has 0 spiro atoms. The molecule has 3 rings (SSSR count). The van der Waals surface area contributed by atoms with Crippen molar-refractivity contribution in [2.45, 2.75) is 31.8 Å². The molecule has 1 atom stereocenters. The molecule has 5 heteroatoms. The number of nitrogens with two attached hydrogens (primary N) is 1. The number of likely N-dealkylation sites (tertiary alicyclic amines) is 1. The van der Waals surface area contributed by atoms with Crippen molar-refractivity contribution < 1.29 is 4.74 Å². The minimum Gasteiger partial charge on any atom is -0.493 e. The molecule has 102 valence electrons. The van der Waals surface area contributed by atoms with Gasteiger partial charge in [-0.3, -0.25) is 4.90 Å². The summed E-state index contributed by atoms with van der Waals surface area (Å²) in [4.78, 5) is 2.98. The van der Waals surface area contributed by atoms with Gasteiger partial charge in [-0.05, 0) is 37.1 Å². The normalized spacial score (nSPS) is 22.3. The maximum atomic E-state index is 5.83. The van der Waals surface area contributed by atoms with Gasteiger partial charge >= 0.3 is 0 Å². The monoisotopic (exact) mass is 340 g/mol. The molecule has 1 aromatic carbocycles. The highest BCUT2D eigenvalue weighted by Gasteiger charge is 2.28. The first kappa shape index (κ1) is 13.3. The van der Waals surface area contributed by atoms with E-state index in [1.54, 1.807) is 0 Å². The second-order valence-corrected chi connectivity index (χ2v) is 6.57. The maximum absolute atomic E-state index is 5.83. The van der Waals surface area contributed by atoms with Crippen LogP contribution < -0.4 is 10.5 Å². The highest BCUT2D eigenvalue weighted by molar-refractivity contribution is 9.10. The zero-order valence-corrected chi connectivity index (χ0v) is 13.1. The van der Waals surface area contributed by atoms with E-state index in [2.05, 4.69) is 33.0 Å². The van der Waals surface area contributed by atoms with Crippen molar-refractivity contribution in [1.29, 1.82) is 0 Å². The Labute approximate surface area is 127 Å². The molecular formula is C14H17BrN2OS. The fourth-order valence-electron chi connectivity index (χ4n) is 3.02. The first-order chi connectivity index (χ1) is 9.15. The predicted molar refractivity (Wildman–Crippen MR) is 83.6 cm³/mol. The number of nitrogens with zero attached hydrogens (tertiary/aromatic N) is 1. The highest BCUT2D eigenvalue weighted by Crippen LogP contribution is 2.34. The van der Waals surface area contributed by atoms with Crippen LogP contribution >= 0.6 is 28.1 Å². The topological polar surface area (TPSA) is 38.5 Å². The average molecular weight is 341 g/mol. The summed E-state index contributed by atoms with van der Waals surface area (Å²) in [5.41, 5.74) is 8.38. The van der Waals surface area contributed by atoms with Crippen LogP contribution in [0.25, 0.3) is 0 Å². The Morgan fingerprint density at radius 1 is 1.53 bits per heavy atom. The molecular weight excluding hydrogens is 324 g/mol. The number of fused-ring (bicyclic) bond motifs is 1. The molecule has 19 heavy (non-hydrogen) atoms. The van der Waals surface area contributed by atoms with Gasteiger partial charge in [-0.15, -0.1) is 0 Å². The van der Waals surface area contributed by atoms with Crippen LogP contribution in [0.2, 0.25) is 0 Å². The fourth-order valence-corrected chi connectivity index (χ4v) is 3.84. The Morgan fingerprint density at radius 2 is 2.37 bits per heavy atom. The summed E-state index contributed by atoms with van der Waals surface area (Å²) in [5, 5.41) is 0. The number of hydrogen-bond donors (Lipinski definition) is 1. The van der Waals surface area contributed by atoms with Gasteiger partial charge in [0.1, 0.15) is 5.75 Å². The highest BCUT2D eigenvalue weighted by atomic mass is 79.9. The molecule has 0 aliphatic carbocycles. The van der Waals surface area contributed by atoms with Crippen LogP contribution in [0, 0.1) is 0 Å². The lowest BCUT2D eigenvalue weighted by Gasteiger charge is -2.24. The van der Waals surface area contributed by atoms with E-state index in [9.17, 15) is 0 Å². The quantitative estimate of drug-likeness (QED) is 0.858. The Bertz CT molecular complexity index is 520. The minimum absolute atomic E-state index is 0.242. The van der Waals surface area contributed by atoms with Crippen LogP contribution in [0.1, 0.15) is 24.0 Å². The van der Waals surface area contributed by atoms with Gasteiger partial charge in [0.2, 0.25) is 0 Å². The standard InChI is InChI=1S/C14H17BrN2OS/c15-11-6-9-3-5-18-13(9)10(7-11)8-17-4-1-2-12(17)14(16)19/h6-7,12H,1-5,8H2,(H2,16,19). The maximum Gasteiger partial charge on any atom is 0.127 e. The van der Waals surface area contributed by atoms with E-state index in [0.717, 1.165) is 42.8 Å². The Morgan fingerprint density at radius 3 is 3.16 bits per heavy atom. The molecule has 1 saturated heterocycles. The van der Waals surface area contributed by atoms with Gasteiger partial charge in [-0.25, -0.2) is 0 Å². The molecule has 1 fully saturated rings. The van der Waals surface area contributed by atoms with E-state index < -0.39 is 0 Å². The Kier molecular flexibility index (Phi) is 3.78. The molecule has 2 aliphatic heterocycles. The van der Waals surface area contributed by atoms with Gasteiger partial charge in [0, 0.05) is 23.0 Å². The molecule has 0 aromatic heterocycles. The van der Waals surface area contributed by atoms with Gasteiger partial charge in [0.15, 0.2) is 0 Å². The van der Waals surface area contributed by atoms with Crippen molar-refractivity contribution in [3.63, 3.8) is 0 Å². The average Bonchev–Trinajstić information content (AvgIpc) is 2.96. The molecule has 2 N–H and O–H groups in total. The number of hydrogen-bond acceptors (Lipinski definition) is 3. The van der Waals surface area contributed by atoms with E-state index in [4.69, 9.17) is 22.7 Å². The van der Waals surface area contributed by atoms with Gasteiger partial charge < -0.3 is 10.5 Å². The number of halogens is 1. The molecule has 0 bridgehead atoms. The predicted octanol–water partition coefficient (Wildman–Crippen LogP) is 2.63. The van der Waals surface area contributed by atoms with Crippen molar-refractivity contribution >= 4 is 33.1 Å². The van der Waals surface area contributed by atoms with Gasteiger partial charge in [-0.1, -0.05) is 28.1 Å². The zero-order valence-electron chi connectivity index (χ0n) is 10.7. The third-order valence-corrected chi connectivity index (χ3v) is 4.62. The lowest BCUT2D eigenvalue weighted by molar-refractivity contribution is 0.285. The molecule has 1 unspecified atom stereocenters. The number of rotatable bonds is 3. The largest absolute Gasteiger partial charge is 0.493 e. The summed E-state index contributed by atoms with van der Waals surface area (Å²) in [6.07, 6.45) is 3.24. The molecule has 0 amide bonds. The summed E-state index contributed by atoms with van der Waals surface area (Å²) in [7, 11) is 0. The Hall–Kier alpha value is -0.650. The van der Waals surface area contributed by atoms with Gasteiger partial charge in [-0.2, -0.15) is 0 Å². The molecule has 2 aliphatic rings. The summed E-state index contributed by atoms with van der Waals surface area (Å²) in [5.74, 6) is 1.07. The molecule has 0 saturated carbocycles. The summed E-state index contributed by atoms with van der Waals surface area (Å²) in [6.45, 7) is 2.71. The van der Waals surface area contributed by atoms with Crippen LogP contribution in [0.4, 0.5) is 0 Å². The fraction of sp³-hybridized carbons (Fsp3) is 0.500. The molecule has 1 aromatic rings. The second-order valence-electron chi connectivity index (χ2n) is 5.18. The SMILES string of the molecule is NC(=S)C1CCCN1Cc1cc(Br)cc2c1OCC2. The number of ether oxygens (including phenoxy) is 1. The molecule has 3 nitrogen and oxygen atoms in total. The Balaban J connectivity index is 1.85. The summed E-state index contributed by atoms with van der Waals surface area (Å²) in [6, 6.07) is 4.55. The number of thiocarbonyl (C=S) groups is 1. The van der Waals surface area contributed by atoms with Crippen LogP contribution in [-0.4, -0.2) is 29.1 Å². The first-order valence-electron chi connectivity index (χ1n) is 6.62. The van der Waals surface area contributed by atoms with Gasteiger partial charge in [0.25, 0.3) is 0 Å². The lowest BCUT2D eigenvalue weighted by atomic mass is 10.1. The van der Waals surface area contributed by atoms with E-state index in [1.165, 1.54) is 17.5 Å².